The highest BCUT2D eigenvalue weighted by molar-refractivity contribution is 7.81. The predicted octanol–water partition coefficient (Wildman–Crippen LogP) is 1.73. The first kappa shape index (κ1) is 20.5. The molecule has 0 aromatic heterocycles. The van der Waals surface area contributed by atoms with E-state index in [2.05, 4.69) is 4.18 Å². The van der Waals surface area contributed by atoms with Crippen molar-refractivity contribution in [3.63, 3.8) is 0 Å². The lowest BCUT2D eigenvalue weighted by Crippen LogP contribution is -2.56. The lowest BCUT2D eigenvalue weighted by atomic mass is 9.60. The number of imide groups is 1. The van der Waals surface area contributed by atoms with Gasteiger partial charge in [-0.25, -0.2) is 4.39 Å². The van der Waals surface area contributed by atoms with Gasteiger partial charge in [0.25, 0.3) is 17.7 Å². The lowest BCUT2D eigenvalue weighted by molar-refractivity contribution is -0.146. The van der Waals surface area contributed by atoms with E-state index in [4.69, 9.17) is 0 Å². The van der Waals surface area contributed by atoms with E-state index in [1.54, 1.807) is 4.90 Å². The summed E-state index contributed by atoms with van der Waals surface area (Å²) in [5, 5.41) is 0. The third kappa shape index (κ3) is 3.81. The van der Waals surface area contributed by atoms with Gasteiger partial charge in [-0.1, -0.05) is 3.89 Å². The van der Waals surface area contributed by atoms with Gasteiger partial charge in [-0.3, -0.25) is 19.3 Å². The highest BCUT2D eigenvalue weighted by atomic mass is 32.3. The molecule has 0 atom stereocenters. The normalized spacial score (nSPS) is 21.3. The molecule has 11 heteroatoms. The van der Waals surface area contributed by atoms with Crippen molar-refractivity contribution in [1.82, 2.24) is 9.80 Å². The molecule has 1 aromatic carbocycles. The van der Waals surface area contributed by atoms with Gasteiger partial charge in [-0.05, 0) is 49.3 Å². The predicted molar refractivity (Wildman–Crippen MR) is 98.6 cm³/mol. The summed E-state index contributed by atoms with van der Waals surface area (Å²) in [5.41, 5.74) is -0.0546. The van der Waals surface area contributed by atoms with Crippen LogP contribution in [0.15, 0.2) is 30.4 Å². The van der Waals surface area contributed by atoms with E-state index in [0.29, 0.717) is 38.8 Å². The first-order chi connectivity index (χ1) is 14.1. The zero-order valence-electron chi connectivity index (χ0n) is 15.7. The van der Waals surface area contributed by atoms with Crippen molar-refractivity contribution in [1.29, 1.82) is 0 Å². The van der Waals surface area contributed by atoms with E-state index < -0.39 is 28.0 Å². The van der Waals surface area contributed by atoms with E-state index in [1.807, 2.05) is 0 Å². The highest BCUT2D eigenvalue weighted by Gasteiger charge is 2.50. The molecule has 160 valence electrons. The van der Waals surface area contributed by atoms with Crippen LogP contribution in [0, 0.1) is 11.2 Å². The Kier molecular flexibility index (Phi) is 4.88. The first-order valence-corrected chi connectivity index (χ1v) is 10.7. The molecule has 2 fully saturated rings. The molecule has 3 amide bonds. The molecule has 1 aliphatic carbocycles. The molecule has 1 aromatic rings. The van der Waals surface area contributed by atoms with Crippen molar-refractivity contribution < 1.29 is 35.3 Å². The molecule has 1 saturated heterocycles. The van der Waals surface area contributed by atoms with E-state index in [1.165, 1.54) is 23.1 Å². The zero-order chi connectivity index (χ0) is 21.7. The molecule has 4 rings (SSSR count). The van der Waals surface area contributed by atoms with Crippen LogP contribution in [0.5, 0.6) is 5.75 Å². The molecule has 1 saturated carbocycles. The average molecular weight is 440 g/mol. The number of amides is 3. The second-order valence-electron chi connectivity index (χ2n) is 7.86. The van der Waals surface area contributed by atoms with Gasteiger partial charge in [-0.15, -0.1) is 0 Å². The van der Waals surface area contributed by atoms with Crippen LogP contribution in [0.2, 0.25) is 0 Å². The summed E-state index contributed by atoms with van der Waals surface area (Å²) in [6, 6.07) is 2.75. The van der Waals surface area contributed by atoms with Crippen molar-refractivity contribution in [3.05, 3.63) is 41.7 Å². The second kappa shape index (κ2) is 7.15. The van der Waals surface area contributed by atoms with E-state index in [9.17, 15) is 31.1 Å². The summed E-state index contributed by atoms with van der Waals surface area (Å²) in [6.07, 6.45) is 5.28. The molecule has 0 radical (unpaired) electrons. The fourth-order valence-electron chi connectivity index (χ4n) is 4.48. The Hall–Kier alpha value is -2.82. The van der Waals surface area contributed by atoms with Gasteiger partial charge in [0.05, 0.1) is 0 Å². The van der Waals surface area contributed by atoms with Crippen LogP contribution in [0.4, 0.5) is 8.28 Å². The Morgan fingerprint density at radius 3 is 2.27 bits per heavy atom. The molecule has 0 bridgehead atoms. The number of piperidine rings is 1. The van der Waals surface area contributed by atoms with Crippen molar-refractivity contribution in [2.75, 3.05) is 13.1 Å². The Morgan fingerprint density at radius 1 is 1.10 bits per heavy atom. The Bertz CT molecular complexity index is 1040. The van der Waals surface area contributed by atoms with Gasteiger partial charge in [-0.2, -0.15) is 8.42 Å². The number of halogens is 2. The minimum Gasteiger partial charge on any atom is -0.355 e. The summed E-state index contributed by atoms with van der Waals surface area (Å²) < 4.78 is 51.5. The van der Waals surface area contributed by atoms with Gasteiger partial charge in [0.2, 0.25) is 0 Å². The van der Waals surface area contributed by atoms with Gasteiger partial charge >= 0.3 is 10.5 Å². The van der Waals surface area contributed by atoms with Crippen LogP contribution >= 0.6 is 0 Å². The van der Waals surface area contributed by atoms with Crippen molar-refractivity contribution >= 4 is 28.2 Å². The Labute approximate surface area is 171 Å². The molecule has 1 spiro atoms. The summed E-state index contributed by atoms with van der Waals surface area (Å²) in [4.78, 5) is 39.1. The number of benzene rings is 1. The first-order valence-electron chi connectivity index (χ1n) is 9.35. The van der Waals surface area contributed by atoms with Crippen LogP contribution in [0.1, 0.15) is 36.0 Å². The zero-order valence-corrected chi connectivity index (χ0v) is 16.5. The van der Waals surface area contributed by atoms with E-state index in [0.717, 1.165) is 12.1 Å². The van der Waals surface area contributed by atoms with Crippen LogP contribution in [0.25, 0.3) is 0 Å². The minimum absolute atomic E-state index is 0.0168. The number of rotatable bonds is 4. The maximum atomic E-state index is 13.6. The molecule has 0 N–H and O–H groups in total. The maximum absolute atomic E-state index is 13.6. The highest BCUT2D eigenvalue weighted by Crippen LogP contribution is 2.51. The summed E-state index contributed by atoms with van der Waals surface area (Å²) in [7, 11) is -5.42. The molecular weight excluding hydrogens is 422 g/mol. The van der Waals surface area contributed by atoms with Crippen LogP contribution in [-0.2, 0) is 20.1 Å². The van der Waals surface area contributed by atoms with Crippen LogP contribution < -0.4 is 4.18 Å². The molecule has 2 aliphatic heterocycles. The van der Waals surface area contributed by atoms with Gasteiger partial charge in [0, 0.05) is 36.8 Å². The van der Waals surface area contributed by atoms with E-state index >= 15 is 0 Å². The monoisotopic (exact) mass is 440 g/mol. The molecule has 0 unspecified atom stereocenters. The Balaban J connectivity index is 1.37. The Morgan fingerprint density at radius 2 is 1.70 bits per heavy atom. The quantitative estimate of drug-likeness (QED) is 0.522. The molecule has 2 heterocycles. The number of carbonyl (C=O) groups excluding carboxylic acids is 3. The minimum atomic E-state index is -5.42. The smallest absolute Gasteiger partial charge is 0.355 e. The van der Waals surface area contributed by atoms with Gasteiger partial charge in [0.1, 0.15) is 0 Å². The molecule has 30 heavy (non-hydrogen) atoms. The fraction of sp³-hybridized carbons (Fsp3) is 0.421. The SMILES string of the molecule is O=C(c1ccc(F)c(OS(=O)(=O)F)c1)N1CCC2(CC1)CC(N1C(=O)C=CC1=O)C2. The second-order valence-corrected chi connectivity index (χ2v) is 8.81. The number of hydrogen-bond acceptors (Lipinski definition) is 6. The third-order valence-corrected chi connectivity index (χ3v) is 6.40. The van der Waals surface area contributed by atoms with E-state index in [-0.39, 0.29) is 28.8 Å². The van der Waals surface area contributed by atoms with Gasteiger partial charge in [0.15, 0.2) is 11.6 Å². The lowest BCUT2D eigenvalue weighted by Gasteiger charge is -2.54. The summed E-state index contributed by atoms with van der Waals surface area (Å²) in [5.74, 6) is -3.02. The fourth-order valence-corrected chi connectivity index (χ4v) is 4.82. The van der Waals surface area contributed by atoms with Crippen molar-refractivity contribution in [2.24, 2.45) is 5.41 Å². The average Bonchev–Trinajstić information content (AvgIpc) is 2.98. The molecular formula is C19H18F2N2O6S. The summed E-state index contributed by atoms with van der Waals surface area (Å²) in [6.45, 7) is 0.835. The van der Waals surface area contributed by atoms with Crippen LogP contribution in [0.3, 0.4) is 0 Å². The maximum Gasteiger partial charge on any atom is 0.488 e. The summed E-state index contributed by atoms with van der Waals surface area (Å²) >= 11 is 0. The standard InChI is InChI=1S/C19H18F2N2O6S/c20-14-2-1-12(9-15(14)29-30(21,27)28)18(26)22-7-5-19(6-8-22)10-13(11-19)23-16(24)3-4-17(23)25/h1-4,9,13H,5-8,10-11H2. The van der Waals surface area contributed by atoms with Crippen molar-refractivity contribution in [2.45, 2.75) is 31.7 Å². The third-order valence-electron chi connectivity index (χ3n) is 6.02. The topological polar surface area (TPSA) is 101 Å². The molecule has 3 aliphatic rings. The number of carbonyl (C=O) groups is 3. The number of nitrogens with zero attached hydrogens (tertiary/aromatic N) is 2. The number of hydrogen-bond donors (Lipinski definition) is 0. The largest absolute Gasteiger partial charge is 0.488 e. The van der Waals surface area contributed by atoms with Gasteiger partial charge < -0.3 is 9.08 Å². The van der Waals surface area contributed by atoms with Crippen molar-refractivity contribution in [3.8, 4) is 5.75 Å². The number of likely N-dealkylation sites (tertiary alicyclic amines) is 1. The molecule has 8 nitrogen and oxygen atoms in total. The van der Waals surface area contributed by atoms with Crippen LogP contribution in [-0.4, -0.2) is 55.1 Å².